The summed E-state index contributed by atoms with van der Waals surface area (Å²) in [4.78, 5) is 3.78. The summed E-state index contributed by atoms with van der Waals surface area (Å²) in [6.07, 6.45) is 4.31. The molecule has 8 heavy (non-hydrogen) atoms. The van der Waals surface area contributed by atoms with Crippen LogP contribution in [0.5, 0.6) is 0 Å². The number of allylic oxidation sites excluding steroid dienone is 1. The number of nitrogens with one attached hydrogen (secondary N) is 1. The molecule has 0 radical (unpaired) electrons. The molecule has 0 unspecified atom stereocenters. The van der Waals surface area contributed by atoms with Gasteiger partial charge < -0.3 is 5.32 Å². The molecule has 0 spiro atoms. The Hall–Kier alpha value is -1.01. The summed E-state index contributed by atoms with van der Waals surface area (Å²) in [6.45, 7) is 2.07. The molecule has 0 aliphatic carbocycles. The van der Waals surface area contributed by atoms with Gasteiger partial charge in [0, 0.05) is 0 Å². The van der Waals surface area contributed by atoms with Gasteiger partial charge in [0.2, 0.25) is 0 Å². The zero-order chi connectivity index (χ0) is 5.82. The molecule has 0 amide bonds. The molecule has 0 aromatic carbocycles. The molecule has 2 nitrogen and oxygen atoms in total. The molecule has 42 valence electrons. The normalized spacial score (nSPS) is 15.4. The second-order valence-corrected chi connectivity index (χ2v) is 1.53. The molecule has 1 aliphatic heterocycles. The standard InChI is InChI=1S/C6H8N2/c1-2-6-3-4-7-5-8-6/h4-5H,2H2,1H3,(H,7,8). The first-order valence-corrected chi connectivity index (χ1v) is 2.65. The van der Waals surface area contributed by atoms with E-state index in [9.17, 15) is 0 Å². The van der Waals surface area contributed by atoms with Crippen LogP contribution >= 0.6 is 0 Å². The van der Waals surface area contributed by atoms with Crippen LogP contribution in [-0.4, -0.2) is 6.34 Å². The van der Waals surface area contributed by atoms with Gasteiger partial charge in [0.25, 0.3) is 0 Å². The van der Waals surface area contributed by atoms with Crippen LogP contribution < -0.4 is 5.32 Å². The summed E-state index contributed by atoms with van der Waals surface area (Å²) < 4.78 is 0. The molecule has 2 heteroatoms. The number of aliphatic imine (C=N–C) groups is 1. The summed E-state index contributed by atoms with van der Waals surface area (Å²) in [5, 5.41) is 2.95. The lowest BCUT2D eigenvalue weighted by Crippen LogP contribution is -2.09. The van der Waals surface area contributed by atoms with Crippen LogP contribution in [0.4, 0.5) is 0 Å². The maximum atomic E-state index is 3.78. The van der Waals surface area contributed by atoms with Crippen molar-refractivity contribution < 1.29 is 0 Å². The quantitative estimate of drug-likeness (QED) is 0.498. The van der Waals surface area contributed by atoms with E-state index in [1.165, 1.54) is 0 Å². The third-order valence-corrected chi connectivity index (χ3v) is 0.980. The Morgan fingerprint density at radius 1 is 1.88 bits per heavy atom. The van der Waals surface area contributed by atoms with E-state index >= 15 is 0 Å². The van der Waals surface area contributed by atoms with Gasteiger partial charge in [0.1, 0.15) is 0 Å². The van der Waals surface area contributed by atoms with E-state index in [1.54, 1.807) is 12.5 Å². The van der Waals surface area contributed by atoms with Crippen LogP contribution in [0.2, 0.25) is 0 Å². The highest BCUT2D eigenvalue weighted by Crippen LogP contribution is 1.93. The number of hydrogen-bond donors (Lipinski definition) is 1. The summed E-state index contributed by atoms with van der Waals surface area (Å²) in [7, 11) is 0. The van der Waals surface area contributed by atoms with E-state index < -0.39 is 0 Å². The number of nitrogens with zero attached hydrogens (tertiary/aromatic N) is 1. The van der Waals surface area contributed by atoms with E-state index in [2.05, 4.69) is 23.0 Å². The van der Waals surface area contributed by atoms with Gasteiger partial charge in [-0.05, 0) is 6.42 Å². The lowest BCUT2D eigenvalue weighted by Gasteiger charge is -1.99. The van der Waals surface area contributed by atoms with Crippen LogP contribution in [0.25, 0.3) is 0 Å². The molecule has 1 heterocycles. The largest absolute Gasteiger partial charge is 0.343 e. The first-order valence-electron chi connectivity index (χ1n) is 2.65. The second-order valence-electron chi connectivity index (χ2n) is 1.53. The van der Waals surface area contributed by atoms with Crippen molar-refractivity contribution in [2.24, 2.45) is 4.99 Å². The average Bonchev–Trinajstić information content (AvgIpc) is 1.90. The van der Waals surface area contributed by atoms with Gasteiger partial charge in [-0.3, -0.25) is 0 Å². The maximum Gasteiger partial charge on any atom is 0.0932 e. The summed E-state index contributed by atoms with van der Waals surface area (Å²) in [6, 6.07) is 0. The molecule has 0 saturated carbocycles. The van der Waals surface area contributed by atoms with E-state index in [0.717, 1.165) is 12.1 Å². The molecule has 0 bridgehead atoms. The van der Waals surface area contributed by atoms with E-state index in [-0.39, 0.29) is 0 Å². The minimum atomic E-state index is 0.989. The van der Waals surface area contributed by atoms with Gasteiger partial charge in [-0.15, -0.1) is 0 Å². The molecule has 0 saturated heterocycles. The van der Waals surface area contributed by atoms with Crippen LogP contribution in [0.1, 0.15) is 13.3 Å². The van der Waals surface area contributed by atoms with Crippen LogP contribution in [0, 0.1) is 0 Å². The Morgan fingerprint density at radius 2 is 2.75 bits per heavy atom. The molecular weight excluding hydrogens is 100 g/mol. The van der Waals surface area contributed by atoms with E-state index in [0.29, 0.717) is 0 Å². The highest BCUT2D eigenvalue weighted by Gasteiger charge is 1.87. The van der Waals surface area contributed by atoms with Crippen molar-refractivity contribution in [1.82, 2.24) is 5.32 Å². The Morgan fingerprint density at radius 3 is 3.12 bits per heavy atom. The monoisotopic (exact) mass is 108 g/mol. The zero-order valence-electron chi connectivity index (χ0n) is 4.81. The molecule has 1 aliphatic rings. The van der Waals surface area contributed by atoms with Crippen molar-refractivity contribution >= 4 is 6.34 Å². The fraction of sp³-hybridized carbons (Fsp3) is 0.333. The fourth-order valence-electron chi connectivity index (χ4n) is 0.513. The topological polar surface area (TPSA) is 24.4 Å². The number of rotatable bonds is 1. The SMILES string of the molecule is CCC1=C=CN=CN1. The lowest BCUT2D eigenvalue weighted by atomic mass is 10.3. The minimum absolute atomic E-state index is 0.989. The molecule has 0 aromatic rings. The van der Waals surface area contributed by atoms with Crippen molar-refractivity contribution in [3.8, 4) is 0 Å². The first-order chi connectivity index (χ1) is 3.93. The third kappa shape index (κ3) is 0.983. The molecular formula is C6H8N2. The van der Waals surface area contributed by atoms with Gasteiger partial charge in [-0.1, -0.05) is 12.7 Å². The molecule has 0 fully saturated rings. The first kappa shape index (κ1) is 5.13. The van der Waals surface area contributed by atoms with E-state index in [4.69, 9.17) is 0 Å². The van der Waals surface area contributed by atoms with Crippen molar-refractivity contribution in [3.63, 3.8) is 0 Å². The van der Waals surface area contributed by atoms with Crippen molar-refractivity contribution in [2.45, 2.75) is 13.3 Å². The second kappa shape index (κ2) is 2.34. The highest BCUT2D eigenvalue weighted by atomic mass is 14.9. The van der Waals surface area contributed by atoms with Crippen molar-refractivity contribution in [2.75, 3.05) is 0 Å². The third-order valence-electron chi connectivity index (χ3n) is 0.980. The smallest absolute Gasteiger partial charge is 0.0932 e. The van der Waals surface area contributed by atoms with Crippen LogP contribution in [0.3, 0.4) is 0 Å². The van der Waals surface area contributed by atoms with Gasteiger partial charge in [-0.2, -0.15) is 0 Å². The molecule has 0 aromatic heterocycles. The van der Waals surface area contributed by atoms with Gasteiger partial charge >= 0.3 is 0 Å². The Balaban J connectivity index is 2.69. The van der Waals surface area contributed by atoms with E-state index in [1.807, 2.05) is 0 Å². The summed E-state index contributed by atoms with van der Waals surface area (Å²) in [5.41, 5.74) is 4.05. The van der Waals surface area contributed by atoms with Crippen molar-refractivity contribution in [1.29, 1.82) is 0 Å². The van der Waals surface area contributed by atoms with Gasteiger partial charge in [0.15, 0.2) is 0 Å². The van der Waals surface area contributed by atoms with Crippen molar-refractivity contribution in [3.05, 3.63) is 17.6 Å². The predicted molar refractivity (Wildman–Crippen MR) is 33.5 cm³/mol. The van der Waals surface area contributed by atoms with Gasteiger partial charge in [-0.25, -0.2) is 4.99 Å². The number of hydrogen-bond acceptors (Lipinski definition) is 2. The summed E-state index contributed by atoms with van der Waals surface area (Å²) >= 11 is 0. The fourth-order valence-corrected chi connectivity index (χ4v) is 0.513. The van der Waals surface area contributed by atoms with Gasteiger partial charge in [0.05, 0.1) is 18.2 Å². The van der Waals surface area contributed by atoms with Crippen LogP contribution in [0.15, 0.2) is 22.6 Å². The molecule has 1 rings (SSSR count). The Bertz CT molecular complexity index is 161. The summed E-state index contributed by atoms with van der Waals surface area (Å²) in [5.74, 6) is 0. The lowest BCUT2D eigenvalue weighted by molar-refractivity contribution is 0.986. The predicted octanol–water partition coefficient (Wildman–Crippen LogP) is 1.02. The Kier molecular flexibility index (Phi) is 1.50. The minimum Gasteiger partial charge on any atom is -0.343 e. The highest BCUT2D eigenvalue weighted by molar-refractivity contribution is 5.59. The molecule has 0 atom stereocenters. The maximum absolute atomic E-state index is 3.78. The zero-order valence-corrected chi connectivity index (χ0v) is 4.81. The molecule has 1 N–H and O–H groups in total. The average molecular weight is 108 g/mol. The van der Waals surface area contributed by atoms with Crippen LogP contribution in [-0.2, 0) is 0 Å². The Labute approximate surface area is 48.6 Å².